The Kier molecular flexibility index (Phi) is 10.9. The monoisotopic (exact) mass is 691 g/mol. The van der Waals surface area contributed by atoms with Crippen LogP contribution >= 0.6 is 0 Å². The molecule has 5 amide bonds. The van der Waals surface area contributed by atoms with E-state index < -0.39 is 59.9 Å². The molecule has 2 heterocycles. The van der Waals surface area contributed by atoms with Crippen LogP contribution < -0.4 is 10.2 Å². The van der Waals surface area contributed by atoms with E-state index in [1.165, 1.54) is 23.1 Å². The largest absolute Gasteiger partial charge is 0.449 e. The number of imide groups is 1. The van der Waals surface area contributed by atoms with Gasteiger partial charge in [0.05, 0.1) is 24.8 Å². The number of nitrogens with one attached hydrogen (secondary N) is 1. The lowest BCUT2D eigenvalue weighted by Gasteiger charge is -2.35. The van der Waals surface area contributed by atoms with Crippen LogP contribution in [0.2, 0.25) is 0 Å². The molecule has 0 saturated carbocycles. The number of esters is 1. The van der Waals surface area contributed by atoms with Crippen LogP contribution in [0.4, 0.5) is 21.0 Å². The van der Waals surface area contributed by atoms with E-state index >= 15 is 0 Å². The van der Waals surface area contributed by atoms with Crippen LogP contribution in [0.5, 0.6) is 0 Å². The van der Waals surface area contributed by atoms with Crippen molar-refractivity contribution in [2.24, 2.45) is 0 Å². The van der Waals surface area contributed by atoms with Gasteiger partial charge in [0.2, 0.25) is 6.10 Å². The lowest BCUT2D eigenvalue weighted by molar-refractivity contribution is -0.167. The molecule has 2 aromatic carbocycles. The molecule has 0 radical (unpaired) electrons. The van der Waals surface area contributed by atoms with Gasteiger partial charge in [0.15, 0.2) is 6.10 Å². The van der Waals surface area contributed by atoms with Gasteiger partial charge in [0.1, 0.15) is 11.2 Å². The van der Waals surface area contributed by atoms with Crippen molar-refractivity contribution in [2.45, 2.75) is 85.0 Å². The smallest absolute Gasteiger partial charge is 0.420 e. The van der Waals surface area contributed by atoms with E-state index in [1.807, 2.05) is 6.07 Å². The first kappa shape index (κ1) is 37.3. The number of hydrogen-bond donors (Lipinski definition) is 1. The lowest BCUT2D eigenvalue weighted by atomic mass is 10.1. The summed E-state index contributed by atoms with van der Waals surface area (Å²) in [6.07, 6.45) is -5.26. The molecular weight excluding hydrogens is 650 g/mol. The molecule has 0 bridgehead atoms. The second kappa shape index (κ2) is 14.6. The standard InChI is InChI=1S/C35H41N5O10/c1-20(41)48-27(28-31(44)39(13-14-47-28)25-11-12-26-23(16-25)18-38(8)30(26)43)29(42)37-24-10-9-21(17-36)22(15-24)19-40(32(45)49-34(2,3)4)33(46)50-35(5,6)7/h9-12,15-16,27-28H,13-14,18-19H2,1-8H3,(H,37,42)/t27-,28-/m1/s1. The second-order valence-electron chi connectivity index (χ2n) is 13.8. The molecule has 4 rings (SSSR count). The SMILES string of the molecule is CC(=O)O[C@@H](C(=O)Nc1ccc(C#N)c(CN(C(=O)OC(C)(C)C)C(=O)OC(C)(C)C)c1)[C@H]1OCCN(c2ccc3c(c2)CN(C)C3=O)C1=O. The van der Waals surface area contributed by atoms with Crippen LogP contribution in [0, 0.1) is 11.3 Å². The highest BCUT2D eigenvalue weighted by Gasteiger charge is 2.43. The summed E-state index contributed by atoms with van der Waals surface area (Å²) in [5.74, 6) is -2.52. The van der Waals surface area contributed by atoms with Crippen molar-refractivity contribution < 1.29 is 47.7 Å². The molecule has 0 spiro atoms. The summed E-state index contributed by atoms with van der Waals surface area (Å²) in [4.78, 5) is 81.8. The third-order valence-electron chi connectivity index (χ3n) is 7.38. The fourth-order valence-electron chi connectivity index (χ4n) is 5.26. The third kappa shape index (κ3) is 8.94. The Morgan fingerprint density at radius 1 is 1.02 bits per heavy atom. The molecule has 2 aliphatic rings. The zero-order valence-corrected chi connectivity index (χ0v) is 29.3. The number of morpholine rings is 1. The van der Waals surface area contributed by atoms with E-state index in [1.54, 1.807) is 71.7 Å². The summed E-state index contributed by atoms with van der Waals surface area (Å²) in [6.45, 7) is 10.9. The van der Waals surface area contributed by atoms with Crippen LogP contribution in [0.15, 0.2) is 36.4 Å². The predicted molar refractivity (Wildman–Crippen MR) is 178 cm³/mol. The van der Waals surface area contributed by atoms with E-state index in [9.17, 15) is 34.0 Å². The summed E-state index contributed by atoms with van der Waals surface area (Å²) in [5.41, 5.74) is 0.193. The molecule has 15 nitrogen and oxygen atoms in total. The quantitative estimate of drug-likeness (QED) is 0.325. The van der Waals surface area contributed by atoms with Gasteiger partial charge < -0.3 is 34.1 Å². The minimum absolute atomic E-state index is 0.0174. The first-order chi connectivity index (χ1) is 23.3. The highest BCUT2D eigenvalue weighted by Crippen LogP contribution is 2.29. The van der Waals surface area contributed by atoms with Gasteiger partial charge >= 0.3 is 18.2 Å². The lowest BCUT2D eigenvalue weighted by Crippen LogP contribution is -2.56. The molecule has 50 heavy (non-hydrogen) atoms. The van der Waals surface area contributed by atoms with Gasteiger partial charge in [-0.3, -0.25) is 19.2 Å². The van der Waals surface area contributed by atoms with Gasteiger partial charge in [0.25, 0.3) is 17.7 Å². The number of ether oxygens (including phenoxy) is 4. The maximum atomic E-state index is 13.7. The van der Waals surface area contributed by atoms with E-state index in [0.29, 0.717) is 22.7 Å². The number of carbonyl (C=O) groups excluding carboxylic acids is 6. The molecular formula is C35H41N5O10. The molecule has 2 aliphatic heterocycles. The van der Waals surface area contributed by atoms with Gasteiger partial charge in [-0.05, 0) is 89.1 Å². The minimum atomic E-state index is -1.72. The molecule has 0 aliphatic carbocycles. The van der Waals surface area contributed by atoms with E-state index in [-0.39, 0.29) is 35.9 Å². The molecule has 1 fully saturated rings. The fraction of sp³-hybridized carbons (Fsp3) is 0.457. The summed E-state index contributed by atoms with van der Waals surface area (Å²) in [6, 6.07) is 11.1. The average molecular weight is 692 g/mol. The number of rotatable bonds is 7. The Morgan fingerprint density at radius 3 is 2.24 bits per heavy atom. The summed E-state index contributed by atoms with van der Waals surface area (Å²) < 4.78 is 21.8. The maximum absolute atomic E-state index is 13.7. The van der Waals surface area contributed by atoms with Gasteiger partial charge in [0, 0.05) is 44.0 Å². The van der Waals surface area contributed by atoms with Crippen molar-refractivity contribution in [3.63, 3.8) is 0 Å². The number of anilines is 2. The number of nitriles is 1. The van der Waals surface area contributed by atoms with Crippen LogP contribution in [-0.4, -0.2) is 89.3 Å². The van der Waals surface area contributed by atoms with Crippen LogP contribution in [0.3, 0.4) is 0 Å². The molecule has 266 valence electrons. The molecule has 2 aromatic rings. The van der Waals surface area contributed by atoms with Crippen LogP contribution in [-0.2, 0) is 46.4 Å². The van der Waals surface area contributed by atoms with Gasteiger partial charge in [-0.25, -0.2) is 14.5 Å². The molecule has 1 saturated heterocycles. The number of fused-ring (bicyclic) bond motifs is 1. The fourth-order valence-corrected chi connectivity index (χ4v) is 5.26. The second-order valence-corrected chi connectivity index (χ2v) is 13.8. The predicted octanol–water partition coefficient (Wildman–Crippen LogP) is 4.12. The highest BCUT2D eigenvalue weighted by molar-refractivity contribution is 6.05. The zero-order chi connectivity index (χ0) is 37.1. The normalized spacial score (nSPS) is 16.6. The van der Waals surface area contributed by atoms with Crippen LogP contribution in [0.25, 0.3) is 0 Å². The summed E-state index contributed by atoms with van der Waals surface area (Å²) in [7, 11) is 1.68. The van der Waals surface area contributed by atoms with Gasteiger partial charge in [-0.15, -0.1) is 0 Å². The Bertz CT molecular complexity index is 1730. The van der Waals surface area contributed by atoms with Crippen molar-refractivity contribution in [2.75, 3.05) is 30.4 Å². The van der Waals surface area contributed by atoms with E-state index in [4.69, 9.17) is 18.9 Å². The van der Waals surface area contributed by atoms with Crippen molar-refractivity contribution in [1.29, 1.82) is 5.26 Å². The summed E-state index contributed by atoms with van der Waals surface area (Å²) >= 11 is 0. The third-order valence-corrected chi connectivity index (χ3v) is 7.38. The number of amides is 5. The van der Waals surface area contributed by atoms with Crippen molar-refractivity contribution in [1.82, 2.24) is 9.80 Å². The van der Waals surface area contributed by atoms with E-state index in [0.717, 1.165) is 12.5 Å². The molecule has 15 heteroatoms. The Morgan fingerprint density at radius 2 is 1.66 bits per heavy atom. The zero-order valence-electron chi connectivity index (χ0n) is 29.3. The molecule has 0 aromatic heterocycles. The Labute approximate surface area is 290 Å². The highest BCUT2D eigenvalue weighted by atomic mass is 16.6. The van der Waals surface area contributed by atoms with E-state index in [2.05, 4.69) is 5.32 Å². The van der Waals surface area contributed by atoms with Gasteiger partial charge in [-0.1, -0.05) is 0 Å². The number of benzene rings is 2. The first-order valence-electron chi connectivity index (χ1n) is 15.8. The number of nitrogens with zero attached hydrogens (tertiary/aromatic N) is 4. The minimum Gasteiger partial charge on any atom is -0.449 e. The number of hydrogen-bond acceptors (Lipinski definition) is 11. The molecule has 1 N–H and O–H groups in total. The van der Waals surface area contributed by atoms with Crippen molar-refractivity contribution >= 4 is 47.3 Å². The molecule has 0 unspecified atom stereocenters. The van der Waals surface area contributed by atoms with Crippen molar-refractivity contribution in [3.8, 4) is 6.07 Å². The Hall–Kier alpha value is -5.49. The van der Waals surface area contributed by atoms with Gasteiger partial charge in [-0.2, -0.15) is 5.26 Å². The van der Waals surface area contributed by atoms with Crippen molar-refractivity contribution in [3.05, 3.63) is 58.7 Å². The Balaban J connectivity index is 1.59. The number of carbonyl (C=O) groups is 6. The topological polar surface area (TPSA) is 185 Å². The maximum Gasteiger partial charge on any atom is 0.420 e. The molecule has 2 atom stereocenters. The average Bonchev–Trinajstić information content (AvgIpc) is 3.29. The van der Waals surface area contributed by atoms with Crippen LogP contribution in [0.1, 0.15) is 75.5 Å². The first-order valence-corrected chi connectivity index (χ1v) is 15.8. The summed E-state index contributed by atoms with van der Waals surface area (Å²) in [5, 5.41) is 12.4.